The van der Waals surface area contributed by atoms with Crippen molar-refractivity contribution >= 4 is 10.0 Å². The lowest BCUT2D eigenvalue weighted by Gasteiger charge is -2.34. The minimum atomic E-state index is -3.38. The molecule has 1 aliphatic rings. The van der Waals surface area contributed by atoms with Gasteiger partial charge < -0.3 is 0 Å². The molecule has 0 saturated carbocycles. The van der Waals surface area contributed by atoms with E-state index in [4.69, 9.17) is 0 Å². The molecule has 1 heterocycles. The van der Waals surface area contributed by atoms with Gasteiger partial charge in [-0.25, -0.2) is 8.42 Å². The molecule has 0 aromatic heterocycles. The highest BCUT2D eigenvalue weighted by Crippen LogP contribution is 2.19. The molecule has 3 rings (SSSR count). The van der Waals surface area contributed by atoms with Crippen LogP contribution in [0.1, 0.15) is 16.7 Å². The second-order valence-electron chi connectivity index (χ2n) is 6.48. The van der Waals surface area contributed by atoms with Crippen LogP contribution in [-0.2, 0) is 16.6 Å². The highest BCUT2D eigenvalue weighted by molar-refractivity contribution is 7.89. The molecule has 2 aromatic rings. The summed E-state index contributed by atoms with van der Waals surface area (Å²) in [4.78, 5) is 2.70. The molecule has 5 heteroatoms. The van der Waals surface area contributed by atoms with Crippen molar-refractivity contribution in [3.05, 3.63) is 65.2 Å². The minimum absolute atomic E-state index is 0.389. The van der Waals surface area contributed by atoms with Crippen molar-refractivity contribution in [3.8, 4) is 0 Å². The standard InChI is InChI=1S/C19H24N2O2S/c1-16-6-8-19(9-7-16)24(22,23)21-12-10-20(11-13-21)15-18-5-3-4-17(2)14-18/h3-9,14H,10-13,15H2,1-2H3. The van der Waals surface area contributed by atoms with E-state index < -0.39 is 10.0 Å². The molecule has 24 heavy (non-hydrogen) atoms. The van der Waals surface area contributed by atoms with Crippen LogP contribution in [0.4, 0.5) is 0 Å². The third-order valence-electron chi connectivity index (χ3n) is 4.48. The van der Waals surface area contributed by atoms with Crippen molar-refractivity contribution in [1.82, 2.24) is 9.21 Å². The lowest BCUT2D eigenvalue weighted by atomic mass is 10.1. The number of hydrogen-bond donors (Lipinski definition) is 0. The van der Waals surface area contributed by atoms with E-state index in [0.29, 0.717) is 18.0 Å². The first-order chi connectivity index (χ1) is 11.4. The molecule has 0 bridgehead atoms. The molecule has 128 valence electrons. The van der Waals surface area contributed by atoms with Crippen LogP contribution in [0.2, 0.25) is 0 Å². The van der Waals surface area contributed by atoms with E-state index in [1.165, 1.54) is 11.1 Å². The van der Waals surface area contributed by atoms with Crippen LogP contribution in [0, 0.1) is 13.8 Å². The predicted molar refractivity (Wildman–Crippen MR) is 96.4 cm³/mol. The second kappa shape index (κ2) is 7.05. The zero-order chi connectivity index (χ0) is 17.2. The number of aryl methyl sites for hydroxylation is 2. The van der Waals surface area contributed by atoms with E-state index in [1.54, 1.807) is 16.4 Å². The SMILES string of the molecule is Cc1ccc(S(=O)(=O)N2CCN(Cc3cccc(C)c3)CC2)cc1. The second-order valence-corrected chi connectivity index (χ2v) is 8.42. The summed E-state index contributed by atoms with van der Waals surface area (Å²) in [5.41, 5.74) is 3.61. The Hall–Kier alpha value is -1.69. The van der Waals surface area contributed by atoms with Crippen LogP contribution in [0.15, 0.2) is 53.4 Å². The van der Waals surface area contributed by atoms with E-state index >= 15 is 0 Å². The summed E-state index contributed by atoms with van der Waals surface area (Å²) in [6.07, 6.45) is 0. The first kappa shape index (κ1) is 17.1. The van der Waals surface area contributed by atoms with Crippen LogP contribution in [0.3, 0.4) is 0 Å². The Labute approximate surface area is 144 Å². The average molecular weight is 344 g/mol. The normalized spacial score (nSPS) is 17.1. The Morgan fingerprint density at radius 1 is 0.875 bits per heavy atom. The zero-order valence-electron chi connectivity index (χ0n) is 14.3. The molecule has 1 fully saturated rings. The van der Waals surface area contributed by atoms with Crippen molar-refractivity contribution in [2.75, 3.05) is 26.2 Å². The van der Waals surface area contributed by atoms with Gasteiger partial charge in [-0.05, 0) is 31.5 Å². The third kappa shape index (κ3) is 3.86. The number of hydrogen-bond acceptors (Lipinski definition) is 3. The monoisotopic (exact) mass is 344 g/mol. The van der Waals surface area contributed by atoms with Crippen molar-refractivity contribution < 1.29 is 8.42 Å². The van der Waals surface area contributed by atoms with Gasteiger partial charge in [-0.15, -0.1) is 0 Å². The molecule has 0 atom stereocenters. The highest BCUT2D eigenvalue weighted by atomic mass is 32.2. The summed E-state index contributed by atoms with van der Waals surface area (Å²) in [5, 5.41) is 0. The van der Waals surface area contributed by atoms with Crippen molar-refractivity contribution in [2.45, 2.75) is 25.3 Å². The summed E-state index contributed by atoms with van der Waals surface area (Å²) >= 11 is 0. The maximum atomic E-state index is 12.7. The summed E-state index contributed by atoms with van der Waals surface area (Å²) in [7, 11) is -3.38. The Bertz CT molecular complexity index is 792. The molecule has 1 aliphatic heterocycles. The van der Waals surface area contributed by atoms with Gasteiger partial charge >= 0.3 is 0 Å². The van der Waals surface area contributed by atoms with Crippen LogP contribution in [-0.4, -0.2) is 43.8 Å². The number of benzene rings is 2. The Morgan fingerprint density at radius 3 is 2.17 bits per heavy atom. The van der Waals surface area contributed by atoms with E-state index in [1.807, 2.05) is 19.1 Å². The molecular weight excluding hydrogens is 320 g/mol. The van der Waals surface area contributed by atoms with Gasteiger partial charge in [0, 0.05) is 32.7 Å². The van der Waals surface area contributed by atoms with Crippen molar-refractivity contribution in [1.29, 1.82) is 0 Å². The van der Waals surface area contributed by atoms with Crippen LogP contribution in [0.5, 0.6) is 0 Å². The summed E-state index contributed by atoms with van der Waals surface area (Å²) in [6.45, 7) is 7.54. The molecule has 0 aliphatic carbocycles. The molecule has 0 unspecified atom stereocenters. The largest absolute Gasteiger partial charge is 0.296 e. The van der Waals surface area contributed by atoms with Crippen molar-refractivity contribution in [3.63, 3.8) is 0 Å². The maximum Gasteiger partial charge on any atom is 0.243 e. The van der Waals surface area contributed by atoms with Crippen molar-refractivity contribution in [2.24, 2.45) is 0 Å². The van der Waals surface area contributed by atoms with Crippen LogP contribution >= 0.6 is 0 Å². The molecule has 0 radical (unpaired) electrons. The van der Waals surface area contributed by atoms with Gasteiger partial charge in [-0.1, -0.05) is 47.5 Å². The third-order valence-corrected chi connectivity index (χ3v) is 6.39. The summed E-state index contributed by atoms with van der Waals surface area (Å²) < 4.78 is 27.0. The molecule has 0 N–H and O–H groups in total. The highest BCUT2D eigenvalue weighted by Gasteiger charge is 2.28. The number of rotatable bonds is 4. The van der Waals surface area contributed by atoms with Gasteiger partial charge in [0.2, 0.25) is 10.0 Å². The fourth-order valence-electron chi connectivity index (χ4n) is 3.06. The van der Waals surface area contributed by atoms with Crippen LogP contribution in [0.25, 0.3) is 0 Å². The van der Waals surface area contributed by atoms with Gasteiger partial charge in [-0.2, -0.15) is 4.31 Å². The molecule has 0 spiro atoms. The fourth-order valence-corrected chi connectivity index (χ4v) is 4.48. The Balaban J connectivity index is 1.63. The van der Waals surface area contributed by atoms with Gasteiger partial charge in [0.25, 0.3) is 0 Å². The quantitative estimate of drug-likeness (QED) is 0.856. The minimum Gasteiger partial charge on any atom is -0.296 e. The zero-order valence-corrected chi connectivity index (χ0v) is 15.1. The Kier molecular flexibility index (Phi) is 5.04. The first-order valence-electron chi connectivity index (χ1n) is 8.30. The fraction of sp³-hybridized carbons (Fsp3) is 0.368. The smallest absolute Gasteiger partial charge is 0.243 e. The number of nitrogens with zero attached hydrogens (tertiary/aromatic N) is 2. The van der Waals surface area contributed by atoms with Crippen LogP contribution < -0.4 is 0 Å². The molecule has 2 aromatic carbocycles. The van der Waals surface area contributed by atoms with E-state index in [9.17, 15) is 8.42 Å². The number of piperazine rings is 1. The lowest BCUT2D eigenvalue weighted by Crippen LogP contribution is -2.48. The Morgan fingerprint density at radius 2 is 1.54 bits per heavy atom. The maximum absolute atomic E-state index is 12.7. The summed E-state index contributed by atoms with van der Waals surface area (Å²) in [5.74, 6) is 0. The van der Waals surface area contributed by atoms with E-state index in [0.717, 1.165) is 25.2 Å². The topological polar surface area (TPSA) is 40.6 Å². The molecule has 4 nitrogen and oxygen atoms in total. The average Bonchev–Trinajstić information content (AvgIpc) is 2.56. The van der Waals surface area contributed by atoms with Gasteiger partial charge in [0.05, 0.1) is 4.90 Å². The summed E-state index contributed by atoms with van der Waals surface area (Å²) in [6, 6.07) is 15.6. The molecule has 1 saturated heterocycles. The van der Waals surface area contributed by atoms with Gasteiger partial charge in [-0.3, -0.25) is 4.90 Å². The van der Waals surface area contributed by atoms with Gasteiger partial charge in [0.1, 0.15) is 0 Å². The lowest BCUT2D eigenvalue weighted by molar-refractivity contribution is 0.181. The molecule has 0 amide bonds. The number of sulfonamides is 1. The van der Waals surface area contributed by atoms with E-state index in [2.05, 4.69) is 36.1 Å². The van der Waals surface area contributed by atoms with Gasteiger partial charge in [0.15, 0.2) is 0 Å². The molecular formula is C19H24N2O2S. The predicted octanol–water partition coefficient (Wildman–Crippen LogP) is 2.81. The first-order valence-corrected chi connectivity index (χ1v) is 9.74. The van der Waals surface area contributed by atoms with E-state index in [-0.39, 0.29) is 0 Å².